The molecule has 1 N–H and O–H groups in total. The van der Waals surface area contributed by atoms with Crippen LogP contribution < -0.4 is 0 Å². The van der Waals surface area contributed by atoms with Crippen molar-refractivity contribution in [3.8, 4) is 0 Å². The van der Waals surface area contributed by atoms with Crippen LogP contribution in [-0.2, 0) is 6.54 Å². The predicted octanol–water partition coefficient (Wildman–Crippen LogP) is 2.61. The van der Waals surface area contributed by atoms with E-state index in [2.05, 4.69) is 11.8 Å². The summed E-state index contributed by atoms with van der Waals surface area (Å²) in [5, 5.41) is 9.60. The molecule has 0 saturated carbocycles. The summed E-state index contributed by atoms with van der Waals surface area (Å²) in [4.78, 5) is 13.2. The van der Waals surface area contributed by atoms with Gasteiger partial charge >= 0.3 is 5.97 Å². The molecule has 2 rings (SSSR count). The second-order valence-corrected chi connectivity index (χ2v) is 6.04. The van der Waals surface area contributed by atoms with E-state index in [4.69, 9.17) is 9.52 Å². The quantitative estimate of drug-likeness (QED) is 0.910. The van der Waals surface area contributed by atoms with Crippen LogP contribution in [0.5, 0.6) is 0 Å². The third-order valence-electron chi connectivity index (χ3n) is 3.30. The molecular formula is C13H19NO3S. The van der Waals surface area contributed by atoms with E-state index >= 15 is 0 Å². The van der Waals surface area contributed by atoms with E-state index in [9.17, 15) is 4.79 Å². The van der Waals surface area contributed by atoms with Crippen molar-refractivity contribution in [2.75, 3.05) is 18.8 Å². The van der Waals surface area contributed by atoms with Crippen LogP contribution in [0.1, 0.15) is 35.2 Å². The summed E-state index contributed by atoms with van der Waals surface area (Å²) >= 11 is 2.03. The van der Waals surface area contributed by atoms with Crippen molar-refractivity contribution in [2.24, 2.45) is 0 Å². The van der Waals surface area contributed by atoms with Crippen LogP contribution in [-0.4, -0.2) is 40.1 Å². The number of furan rings is 1. The summed E-state index contributed by atoms with van der Waals surface area (Å²) in [5.74, 6) is 0.922. The SMILES string of the molecule is CCC1CN(Cc2cc(C(=O)O)oc2C)CCS1. The van der Waals surface area contributed by atoms with Crippen molar-refractivity contribution >= 4 is 17.7 Å². The van der Waals surface area contributed by atoms with Crippen LogP contribution in [0.25, 0.3) is 0 Å². The highest BCUT2D eigenvalue weighted by Gasteiger charge is 2.21. The third-order valence-corrected chi connectivity index (χ3v) is 4.68. The lowest BCUT2D eigenvalue weighted by Crippen LogP contribution is -2.37. The number of rotatable bonds is 4. The fourth-order valence-corrected chi connectivity index (χ4v) is 3.44. The topological polar surface area (TPSA) is 53.7 Å². The number of carbonyl (C=O) groups is 1. The minimum atomic E-state index is -0.995. The molecule has 0 spiro atoms. The first-order chi connectivity index (χ1) is 8.60. The molecule has 1 aliphatic rings. The van der Waals surface area contributed by atoms with Gasteiger partial charge in [0.15, 0.2) is 0 Å². The van der Waals surface area contributed by atoms with Crippen molar-refractivity contribution in [3.05, 3.63) is 23.2 Å². The Morgan fingerprint density at radius 3 is 3.06 bits per heavy atom. The van der Waals surface area contributed by atoms with E-state index in [0.717, 1.165) is 36.7 Å². The van der Waals surface area contributed by atoms with E-state index in [1.54, 1.807) is 6.07 Å². The Morgan fingerprint density at radius 1 is 1.67 bits per heavy atom. The number of thioether (sulfide) groups is 1. The average molecular weight is 269 g/mol. The zero-order chi connectivity index (χ0) is 13.1. The van der Waals surface area contributed by atoms with Gasteiger partial charge in [0.1, 0.15) is 5.76 Å². The molecule has 1 atom stereocenters. The van der Waals surface area contributed by atoms with Crippen LogP contribution in [0, 0.1) is 6.92 Å². The summed E-state index contributed by atoms with van der Waals surface area (Å²) in [6.45, 7) is 6.98. The maximum absolute atomic E-state index is 10.8. The standard InChI is InChI=1S/C13H19NO3S/c1-3-11-8-14(4-5-18-11)7-10-6-12(13(15)16)17-9(10)2/h6,11H,3-5,7-8H2,1-2H3,(H,15,16). The highest BCUT2D eigenvalue weighted by molar-refractivity contribution is 8.00. The van der Waals surface area contributed by atoms with Crippen LogP contribution in [0.15, 0.2) is 10.5 Å². The zero-order valence-electron chi connectivity index (χ0n) is 10.8. The highest BCUT2D eigenvalue weighted by Crippen LogP contribution is 2.24. The van der Waals surface area contributed by atoms with Crippen molar-refractivity contribution in [3.63, 3.8) is 0 Å². The largest absolute Gasteiger partial charge is 0.475 e. The molecule has 1 unspecified atom stereocenters. The number of hydrogen-bond donors (Lipinski definition) is 1. The number of nitrogens with zero attached hydrogens (tertiary/aromatic N) is 1. The van der Waals surface area contributed by atoms with E-state index in [0.29, 0.717) is 5.25 Å². The molecule has 0 radical (unpaired) electrons. The van der Waals surface area contributed by atoms with Gasteiger partial charge in [-0.25, -0.2) is 4.79 Å². The number of carboxylic acid groups (broad SMARTS) is 1. The number of hydrogen-bond acceptors (Lipinski definition) is 4. The summed E-state index contributed by atoms with van der Waals surface area (Å²) < 4.78 is 5.24. The summed E-state index contributed by atoms with van der Waals surface area (Å²) in [6.07, 6.45) is 1.19. The molecule has 1 fully saturated rings. The number of aryl methyl sites for hydroxylation is 1. The Bertz CT molecular complexity index is 430. The van der Waals surface area contributed by atoms with Crippen molar-refractivity contribution in [2.45, 2.75) is 32.1 Å². The molecule has 1 saturated heterocycles. The van der Waals surface area contributed by atoms with Crippen LogP contribution in [0.2, 0.25) is 0 Å². The molecule has 0 aliphatic carbocycles. The molecule has 1 aromatic heterocycles. The van der Waals surface area contributed by atoms with E-state index < -0.39 is 5.97 Å². The van der Waals surface area contributed by atoms with E-state index in [-0.39, 0.29) is 5.76 Å². The van der Waals surface area contributed by atoms with Gasteiger partial charge in [0.05, 0.1) is 0 Å². The molecule has 1 aliphatic heterocycles. The predicted molar refractivity (Wildman–Crippen MR) is 72.2 cm³/mol. The number of carboxylic acids is 1. The van der Waals surface area contributed by atoms with E-state index in [1.807, 2.05) is 18.7 Å². The monoisotopic (exact) mass is 269 g/mol. The minimum absolute atomic E-state index is 0.0425. The molecule has 1 aromatic rings. The third kappa shape index (κ3) is 3.09. The van der Waals surface area contributed by atoms with Crippen LogP contribution in [0.3, 0.4) is 0 Å². The normalized spacial score (nSPS) is 21.1. The van der Waals surface area contributed by atoms with E-state index in [1.165, 1.54) is 6.42 Å². The van der Waals surface area contributed by atoms with Crippen molar-refractivity contribution in [1.29, 1.82) is 0 Å². The summed E-state index contributed by atoms with van der Waals surface area (Å²) in [5.41, 5.74) is 0.995. The Labute approximate surface area is 111 Å². The Hall–Kier alpha value is -0.940. The second-order valence-electron chi connectivity index (χ2n) is 4.63. The first kappa shape index (κ1) is 13.5. The molecule has 2 heterocycles. The fourth-order valence-electron chi connectivity index (χ4n) is 2.19. The van der Waals surface area contributed by atoms with Crippen molar-refractivity contribution < 1.29 is 14.3 Å². The van der Waals surface area contributed by atoms with Gasteiger partial charge in [-0.1, -0.05) is 6.92 Å². The molecule has 100 valence electrons. The first-order valence-corrected chi connectivity index (χ1v) is 7.31. The maximum atomic E-state index is 10.8. The lowest BCUT2D eigenvalue weighted by atomic mass is 10.2. The Morgan fingerprint density at radius 2 is 2.44 bits per heavy atom. The smallest absolute Gasteiger partial charge is 0.371 e. The Kier molecular flexibility index (Phi) is 4.35. The van der Waals surface area contributed by atoms with Gasteiger partial charge in [0.2, 0.25) is 5.76 Å². The zero-order valence-corrected chi connectivity index (χ0v) is 11.6. The highest BCUT2D eigenvalue weighted by atomic mass is 32.2. The van der Waals surface area contributed by atoms with Gasteiger partial charge in [-0.15, -0.1) is 0 Å². The number of aromatic carboxylic acids is 1. The maximum Gasteiger partial charge on any atom is 0.371 e. The summed E-state index contributed by atoms with van der Waals surface area (Å²) in [7, 11) is 0. The molecule has 5 heteroatoms. The van der Waals surface area contributed by atoms with Crippen molar-refractivity contribution in [1.82, 2.24) is 4.90 Å². The minimum Gasteiger partial charge on any atom is -0.475 e. The molecule has 0 bridgehead atoms. The average Bonchev–Trinajstić information content (AvgIpc) is 2.71. The first-order valence-electron chi connectivity index (χ1n) is 6.26. The van der Waals surface area contributed by atoms with Gasteiger partial charge in [-0.3, -0.25) is 4.90 Å². The molecular weight excluding hydrogens is 250 g/mol. The lowest BCUT2D eigenvalue weighted by Gasteiger charge is -2.31. The van der Waals surface area contributed by atoms with Crippen LogP contribution in [0.4, 0.5) is 0 Å². The van der Waals surface area contributed by atoms with Gasteiger partial charge in [-0.05, 0) is 19.4 Å². The molecule has 0 aromatic carbocycles. The molecule has 18 heavy (non-hydrogen) atoms. The lowest BCUT2D eigenvalue weighted by molar-refractivity contribution is 0.0661. The van der Waals surface area contributed by atoms with Gasteiger partial charge in [-0.2, -0.15) is 11.8 Å². The molecule has 0 amide bonds. The van der Waals surface area contributed by atoms with Crippen LogP contribution >= 0.6 is 11.8 Å². The molecule has 4 nitrogen and oxygen atoms in total. The Balaban J connectivity index is 2.02. The summed E-state index contributed by atoms with van der Waals surface area (Å²) in [6, 6.07) is 1.65. The van der Waals surface area contributed by atoms with Gasteiger partial charge < -0.3 is 9.52 Å². The fraction of sp³-hybridized carbons (Fsp3) is 0.615. The van der Waals surface area contributed by atoms with Gasteiger partial charge in [0, 0.05) is 36.2 Å². The van der Waals surface area contributed by atoms with Gasteiger partial charge in [0.25, 0.3) is 0 Å². The second kappa shape index (κ2) is 5.80.